The van der Waals surface area contributed by atoms with Gasteiger partial charge in [0.15, 0.2) is 0 Å². The van der Waals surface area contributed by atoms with Gasteiger partial charge in [0.25, 0.3) is 0 Å². The molecule has 0 heterocycles. The van der Waals surface area contributed by atoms with Gasteiger partial charge in [-0.15, -0.1) is 41.4 Å². The molecule has 0 bridgehead atoms. The van der Waals surface area contributed by atoms with Crippen LogP contribution in [0.2, 0.25) is 0 Å². The van der Waals surface area contributed by atoms with Gasteiger partial charge in [0, 0.05) is 10.8 Å². The predicted octanol–water partition coefficient (Wildman–Crippen LogP) is 3.79. The van der Waals surface area contributed by atoms with Crippen molar-refractivity contribution in [1.29, 1.82) is 0 Å². The van der Waals surface area contributed by atoms with E-state index in [0.717, 1.165) is 12.8 Å². The Kier molecular flexibility index (Phi) is 6.50. The molecule has 0 aliphatic heterocycles. The van der Waals surface area contributed by atoms with Gasteiger partial charge in [-0.2, -0.15) is 0 Å². The number of alkyl halides is 3. The maximum atomic E-state index is 5.93. The molecule has 11 heavy (non-hydrogen) atoms. The van der Waals surface area contributed by atoms with Crippen LogP contribution in [0.3, 0.4) is 0 Å². The van der Waals surface area contributed by atoms with Crippen LogP contribution in [0.15, 0.2) is 12.7 Å². The van der Waals surface area contributed by atoms with E-state index in [1.165, 1.54) is 0 Å². The van der Waals surface area contributed by atoms with Crippen molar-refractivity contribution in [3.8, 4) is 0 Å². The molecular formula is C8H13Cl3. The van der Waals surface area contributed by atoms with Crippen molar-refractivity contribution in [2.24, 2.45) is 0 Å². The van der Waals surface area contributed by atoms with Crippen LogP contribution in [0.5, 0.6) is 0 Å². The van der Waals surface area contributed by atoms with Crippen LogP contribution >= 0.6 is 34.8 Å². The van der Waals surface area contributed by atoms with Gasteiger partial charge in [0.2, 0.25) is 0 Å². The molecule has 3 heteroatoms. The summed E-state index contributed by atoms with van der Waals surface area (Å²) in [5.41, 5.74) is 0. The van der Waals surface area contributed by atoms with E-state index < -0.39 is 0 Å². The molecule has 0 amide bonds. The lowest BCUT2D eigenvalue weighted by Crippen LogP contribution is -2.10. The summed E-state index contributed by atoms with van der Waals surface area (Å²) in [6, 6.07) is 0. The normalized spacial score (nSPS) is 18.9. The summed E-state index contributed by atoms with van der Waals surface area (Å²) in [4.78, 5) is 0. The molecule has 0 radical (unpaired) electrons. The zero-order valence-corrected chi connectivity index (χ0v) is 8.83. The topological polar surface area (TPSA) is 0 Å². The second-order valence-electron chi connectivity index (χ2n) is 2.60. The quantitative estimate of drug-likeness (QED) is 0.483. The van der Waals surface area contributed by atoms with Gasteiger partial charge in [0.1, 0.15) is 0 Å². The Hall–Kier alpha value is 0.610. The van der Waals surface area contributed by atoms with Gasteiger partial charge in [-0.25, -0.2) is 0 Å². The maximum Gasteiger partial charge on any atom is 0.0527 e. The molecule has 0 aromatic carbocycles. The number of hydrogen-bond donors (Lipinski definition) is 0. The van der Waals surface area contributed by atoms with Crippen LogP contribution in [0.4, 0.5) is 0 Å². The van der Waals surface area contributed by atoms with E-state index in [0.29, 0.717) is 0 Å². The van der Waals surface area contributed by atoms with Crippen LogP contribution in [-0.2, 0) is 0 Å². The summed E-state index contributed by atoms with van der Waals surface area (Å²) >= 11 is 17.5. The monoisotopic (exact) mass is 214 g/mol. The Labute approximate surface area is 83.5 Å². The Balaban J connectivity index is 3.51. The van der Waals surface area contributed by atoms with Gasteiger partial charge in [-0.1, -0.05) is 6.08 Å². The first-order chi connectivity index (χ1) is 5.06. The number of halogens is 3. The van der Waals surface area contributed by atoms with Crippen LogP contribution in [-0.4, -0.2) is 16.1 Å². The lowest BCUT2D eigenvalue weighted by atomic mass is 10.1. The Morgan fingerprint density at radius 3 is 2.18 bits per heavy atom. The van der Waals surface area contributed by atoms with E-state index in [4.69, 9.17) is 34.8 Å². The molecule has 66 valence electrons. The van der Waals surface area contributed by atoms with E-state index >= 15 is 0 Å². The van der Waals surface area contributed by atoms with Gasteiger partial charge >= 0.3 is 0 Å². The van der Waals surface area contributed by atoms with Crippen molar-refractivity contribution in [3.05, 3.63) is 12.7 Å². The molecule has 0 spiro atoms. The minimum atomic E-state index is -0.0343. The zero-order chi connectivity index (χ0) is 8.85. The SMILES string of the molecule is C=CC(Cl)CC(Cl)CC(C)Cl. The molecule has 0 aliphatic rings. The third-order valence-corrected chi connectivity index (χ3v) is 2.21. The summed E-state index contributed by atoms with van der Waals surface area (Å²) in [5, 5.41) is 0.141. The lowest BCUT2D eigenvalue weighted by Gasteiger charge is -2.11. The Morgan fingerprint density at radius 2 is 1.82 bits per heavy atom. The van der Waals surface area contributed by atoms with E-state index in [1.807, 2.05) is 6.92 Å². The van der Waals surface area contributed by atoms with Crippen LogP contribution in [0.25, 0.3) is 0 Å². The highest BCUT2D eigenvalue weighted by Gasteiger charge is 2.11. The molecule has 0 saturated carbocycles. The van der Waals surface area contributed by atoms with E-state index in [9.17, 15) is 0 Å². The molecule has 0 fully saturated rings. The highest BCUT2D eigenvalue weighted by atomic mass is 35.5. The number of allylic oxidation sites excluding steroid dienone is 1. The predicted molar refractivity (Wildman–Crippen MR) is 54.0 cm³/mol. The standard InChI is InChI=1S/C8H13Cl3/c1-3-7(10)5-8(11)4-6(2)9/h3,6-8H,1,4-5H2,2H3. The Morgan fingerprint density at radius 1 is 1.27 bits per heavy atom. The first-order valence-electron chi connectivity index (χ1n) is 3.61. The van der Waals surface area contributed by atoms with Crippen molar-refractivity contribution in [3.63, 3.8) is 0 Å². The van der Waals surface area contributed by atoms with E-state index in [2.05, 4.69) is 6.58 Å². The molecule has 3 unspecified atom stereocenters. The second-order valence-corrected chi connectivity index (χ2v) is 4.52. The average Bonchev–Trinajstić information content (AvgIpc) is 1.85. The average molecular weight is 216 g/mol. The van der Waals surface area contributed by atoms with Crippen molar-refractivity contribution in [2.45, 2.75) is 35.9 Å². The highest BCUT2D eigenvalue weighted by Crippen LogP contribution is 2.18. The molecule has 0 aromatic heterocycles. The zero-order valence-electron chi connectivity index (χ0n) is 6.56. The summed E-state index contributed by atoms with van der Waals surface area (Å²) in [6.07, 6.45) is 3.22. The van der Waals surface area contributed by atoms with Crippen molar-refractivity contribution < 1.29 is 0 Å². The smallest absolute Gasteiger partial charge is 0.0527 e. The largest absolute Gasteiger partial charge is 0.123 e. The third-order valence-electron chi connectivity index (χ3n) is 1.32. The second kappa shape index (κ2) is 6.16. The summed E-state index contributed by atoms with van der Waals surface area (Å²) in [7, 11) is 0. The van der Waals surface area contributed by atoms with Crippen molar-refractivity contribution >= 4 is 34.8 Å². The van der Waals surface area contributed by atoms with Gasteiger partial charge in [-0.05, 0) is 19.8 Å². The molecule has 0 aliphatic carbocycles. The number of rotatable bonds is 5. The number of hydrogen-bond acceptors (Lipinski definition) is 0. The highest BCUT2D eigenvalue weighted by molar-refractivity contribution is 6.25. The molecule has 0 nitrogen and oxygen atoms in total. The lowest BCUT2D eigenvalue weighted by molar-refractivity contribution is 0.692. The first kappa shape index (κ1) is 11.6. The fourth-order valence-corrected chi connectivity index (χ4v) is 1.86. The summed E-state index contributed by atoms with van der Waals surface area (Å²) in [6.45, 7) is 5.49. The van der Waals surface area contributed by atoms with Crippen LogP contribution in [0.1, 0.15) is 19.8 Å². The van der Waals surface area contributed by atoms with Gasteiger partial charge in [-0.3, -0.25) is 0 Å². The molecule has 3 atom stereocenters. The maximum absolute atomic E-state index is 5.93. The van der Waals surface area contributed by atoms with Crippen molar-refractivity contribution in [2.75, 3.05) is 0 Å². The Bertz CT molecular complexity index is 112. The first-order valence-corrected chi connectivity index (χ1v) is 4.92. The van der Waals surface area contributed by atoms with E-state index in [1.54, 1.807) is 6.08 Å². The van der Waals surface area contributed by atoms with E-state index in [-0.39, 0.29) is 16.1 Å². The van der Waals surface area contributed by atoms with Crippen LogP contribution < -0.4 is 0 Å². The minimum Gasteiger partial charge on any atom is -0.123 e. The van der Waals surface area contributed by atoms with Crippen LogP contribution in [0, 0.1) is 0 Å². The molecule has 0 N–H and O–H groups in total. The fraction of sp³-hybridized carbons (Fsp3) is 0.750. The molecular weight excluding hydrogens is 202 g/mol. The molecule has 0 aromatic rings. The molecule has 0 rings (SSSR count). The summed E-state index contributed by atoms with van der Waals surface area (Å²) < 4.78 is 0. The minimum absolute atomic E-state index is 0.0343. The van der Waals surface area contributed by atoms with Gasteiger partial charge < -0.3 is 0 Å². The van der Waals surface area contributed by atoms with Gasteiger partial charge in [0.05, 0.1) is 5.38 Å². The fourth-order valence-electron chi connectivity index (χ4n) is 0.789. The molecule has 0 saturated heterocycles. The van der Waals surface area contributed by atoms with Crippen molar-refractivity contribution in [1.82, 2.24) is 0 Å². The third kappa shape index (κ3) is 6.99. The summed E-state index contributed by atoms with van der Waals surface area (Å²) in [5.74, 6) is 0.